The Labute approximate surface area is 229 Å². The van der Waals surface area contributed by atoms with Crippen molar-refractivity contribution in [2.45, 2.75) is 19.9 Å². The zero-order chi connectivity index (χ0) is 27.8. The van der Waals surface area contributed by atoms with Crippen LogP contribution in [0, 0.1) is 5.82 Å². The van der Waals surface area contributed by atoms with Crippen molar-refractivity contribution < 1.29 is 28.2 Å². The molecule has 0 amide bonds. The lowest BCUT2D eigenvalue weighted by Gasteiger charge is -2.24. The molecule has 198 valence electrons. The predicted molar refractivity (Wildman–Crippen MR) is 143 cm³/mol. The molecule has 2 aromatic carbocycles. The number of hydrogen-bond acceptors (Lipinski definition) is 7. The molecule has 1 aliphatic rings. The van der Waals surface area contributed by atoms with Gasteiger partial charge in [-0.25, -0.2) is 19.0 Å². The Bertz CT molecular complexity index is 1830. The third-order valence-electron chi connectivity index (χ3n) is 6.08. The second-order valence-corrected chi connectivity index (χ2v) is 9.97. The quantitative estimate of drug-likeness (QED) is 0.343. The number of aromatic carboxylic acids is 1. The van der Waals surface area contributed by atoms with Gasteiger partial charge in [-0.3, -0.25) is 9.36 Å². The average molecular weight is 567 g/mol. The van der Waals surface area contributed by atoms with Crippen molar-refractivity contribution in [2.24, 2.45) is 4.99 Å². The van der Waals surface area contributed by atoms with Gasteiger partial charge in [0.15, 0.2) is 4.80 Å². The molecule has 11 heteroatoms. The normalized spacial score (nSPS) is 15.2. The van der Waals surface area contributed by atoms with Gasteiger partial charge in [-0.05, 0) is 61.9 Å². The molecule has 5 rings (SSSR count). The minimum atomic E-state index is -1.10. The number of carbonyl (C=O) groups excluding carboxylic acids is 1. The standard InChI is InChI=1S/C28H20ClFN2O6S/c1-3-37-27(36)23-14(2)31-28-32(24(23)15-4-7-17(30)8-5-15)25(33)22(39-28)13-18-9-11-21(38-18)19-12-16(26(34)35)6-10-20(19)29/h4-13,24H,3H2,1-2H3,(H,34,35)/t24-/m0/s1. The second kappa shape index (κ2) is 10.5. The number of ether oxygens (including phenoxy) is 1. The third-order valence-corrected chi connectivity index (χ3v) is 7.39. The van der Waals surface area contributed by atoms with Crippen molar-refractivity contribution in [3.8, 4) is 11.3 Å². The van der Waals surface area contributed by atoms with Crippen LogP contribution in [0.5, 0.6) is 0 Å². The zero-order valence-electron chi connectivity index (χ0n) is 20.6. The number of carboxylic acid groups (broad SMARTS) is 1. The minimum Gasteiger partial charge on any atom is -0.478 e. The Morgan fingerprint density at radius 3 is 2.64 bits per heavy atom. The number of carboxylic acids is 1. The summed E-state index contributed by atoms with van der Waals surface area (Å²) in [7, 11) is 0. The van der Waals surface area contributed by atoms with Crippen molar-refractivity contribution in [3.05, 3.63) is 113 Å². The highest BCUT2D eigenvalue weighted by Crippen LogP contribution is 2.32. The number of fused-ring (bicyclic) bond motifs is 1. The van der Waals surface area contributed by atoms with Crippen molar-refractivity contribution >= 4 is 41.0 Å². The molecule has 2 aromatic heterocycles. The van der Waals surface area contributed by atoms with Crippen molar-refractivity contribution in [3.63, 3.8) is 0 Å². The van der Waals surface area contributed by atoms with E-state index in [1.165, 1.54) is 53.1 Å². The summed E-state index contributed by atoms with van der Waals surface area (Å²) in [6.07, 6.45) is 1.54. The predicted octanol–water partition coefficient (Wildman–Crippen LogP) is 4.55. The average Bonchev–Trinajstić information content (AvgIpc) is 3.48. The summed E-state index contributed by atoms with van der Waals surface area (Å²) in [5.74, 6) is -1.52. The molecule has 0 aliphatic carbocycles. The van der Waals surface area contributed by atoms with E-state index >= 15 is 0 Å². The number of nitrogens with zero attached hydrogens (tertiary/aromatic N) is 2. The van der Waals surface area contributed by atoms with Gasteiger partial charge < -0.3 is 14.3 Å². The maximum atomic E-state index is 13.7. The molecule has 1 N–H and O–H groups in total. The third kappa shape index (κ3) is 4.96. The summed E-state index contributed by atoms with van der Waals surface area (Å²) in [6.45, 7) is 3.47. The van der Waals surface area contributed by atoms with Crippen LogP contribution in [0.25, 0.3) is 17.4 Å². The van der Waals surface area contributed by atoms with E-state index < -0.39 is 29.4 Å². The maximum Gasteiger partial charge on any atom is 0.338 e. The number of allylic oxidation sites excluding steroid dienone is 1. The SMILES string of the molecule is CCOC(=O)C1=C(C)N=c2sc(=Cc3ccc(-c4cc(C(=O)O)ccc4Cl)o3)c(=O)n2[C@H]1c1ccc(F)cc1. The molecule has 8 nitrogen and oxygen atoms in total. The number of halogens is 2. The van der Waals surface area contributed by atoms with E-state index in [1.807, 2.05) is 0 Å². The first-order chi connectivity index (χ1) is 18.7. The van der Waals surface area contributed by atoms with Crippen molar-refractivity contribution in [1.82, 2.24) is 4.57 Å². The number of aromatic nitrogens is 1. The molecular formula is C28H20ClFN2O6S. The zero-order valence-corrected chi connectivity index (χ0v) is 22.2. The Hall–Kier alpha value is -4.28. The number of carbonyl (C=O) groups is 2. The summed E-state index contributed by atoms with van der Waals surface area (Å²) >= 11 is 7.37. The number of thiazole rings is 1. The lowest BCUT2D eigenvalue weighted by atomic mass is 9.96. The molecule has 0 bridgehead atoms. The van der Waals surface area contributed by atoms with Gasteiger partial charge in [-0.2, -0.15) is 0 Å². The van der Waals surface area contributed by atoms with E-state index in [1.54, 1.807) is 26.0 Å². The van der Waals surface area contributed by atoms with Gasteiger partial charge in [-0.15, -0.1) is 0 Å². The monoisotopic (exact) mass is 566 g/mol. The highest BCUT2D eigenvalue weighted by molar-refractivity contribution is 7.07. The Kier molecular flexibility index (Phi) is 7.07. The Balaban J connectivity index is 1.62. The summed E-state index contributed by atoms with van der Waals surface area (Å²) < 4.78 is 26.5. The Morgan fingerprint density at radius 2 is 1.95 bits per heavy atom. The molecule has 4 aromatic rings. The van der Waals surface area contributed by atoms with Crippen LogP contribution in [-0.4, -0.2) is 28.2 Å². The van der Waals surface area contributed by atoms with Crippen LogP contribution in [-0.2, 0) is 9.53 Å². The minimum absolute atomic E-state index is 0.0502. The molecule has 39 heavy (non-hydrogen) atoms. The largest absolute Gasteiger partial charge is 0.478 e. The van der Waals surface area contributed by atoms with Gasteiger partial charge in [0, 0.05) is 11.6 Å². The second-order valence-electron chi connectivity index (χ2n) is 8.56. The first-order valence-electron chi connectivity index (χ1n) is 11.8. The fourth-order valence-electron chi connectivity index (χ4n) is 4.30. The summed E-state index contributed by atoms with van der Waals surface area (Å²) in [6, 6.07) is 12.2. The summed E-state index contributed by atoms with van der Waals surface area (Å²) in [4.78, 5) is 42.8. The number of esters is 1. The van der Waals surface area contributed by atoms with E-state index in [0.29, 0.717) is 38.2 Å². The molecule has 1 atom stereocenters. The van der Waals surface area contributed by atoms with Crippen molar-refractivity contribution in [2.75, 3.05) is 6.61 Å². The van der Waals surface area contributed by atoms with Gasteiger partial charge in [0.2, 0.25) is 0 Å². The highest BCUT2D eigenvalue weighted by Gasteiger charge is 2.33. The molecule has 0 fully saturated rings. The fraction of sp³-hybridized carbons (Fsp3) is 0.143. The fourth-order valence-corrected chi connectivity index (χ4v) is 5.54. The van der Waals surface area contributed by atoms with Crippen LogP contribution >= 0.6 is 22.9 Å². The van der Waals surface area contributed by atoms with E-state index in [2.05, 4.69) is 4.99 Å². The van der Waals surface area contributed by atoms with Gasteiger partial charge in [-0.1, -0.05) is 35.1 Å². The molecule has 1 aliphatic heterocycles. The van der Waals surface area contributed by atoms with Crippen LogP contribution in [0.15, 0.2) is 80.1 Å². The molecule has 0 saturated heterocycles. The lowest BCUT2D eigenvalue weighted by molar-refractivity contribution is -0.139. The smallest absolute Gasteiger partial charge is 0.338 e. The Morgan fingerprint density at radius 1 is 1.21 bits per heavy atom. The first kappa shape index (κ1) is 26.3. The van der Waals surface area contributed by atoms with Gasteiger partial charge in [0.1, 0.15) is 17.3 Å². The lowest BCUT2D eigenvalue weighted by Crippen LogP contribution is -2.39. The summed E-state index contributed by atoms with van der Waals surface area (Å²) in [5, 5.41) is 9.61. The van der Waals surface area contributed by atoms with Gasteiger partial charge >= 0.3 is 11.9 Å². The topological polar surface area (TPSA) is 111 Å². The number of hydrogen-bond donors (Lipinski definition) is 1. The molecule has 0 spiro atoms. The van der Waals surface area contributed by atoms with E-state index in [4.69, 9.17) is 20.8 Å². The number of benzene rings is 2. The number of furan rings is 1. The van der Waals surface area contributed by atoms with E-state index in [-0.39, 0.29) is 22.3 Å². The molecule has 0 saturated carbocycles. The van der Waals surface area contributed by atoms with Crippen LogP contribution in [0.4, 0.5) is 4.39 Å². The molecule has 3 heterocycles. The molecular weight excluding hydrogens is 547 g/mol. The summed E-state index contributed by atoms with van der Waals surface area (Å²) in [5.41, 5.74) is 1.12. The van der Waals surface area contributed by atoms with Crippen LogP contribution in [0.1, 0.15) is 41.6 Å². The van der Waals surface area contributed by atoms with Gasteiger partial charge in [0.05, 0.1) is 39.0 Å². The van der Waals surface area contributed by atoms with Crippen molar-refractivity contribution in [1.29, 1.82) is 0 Å². The van der Waals surface area contributed by atoms with E-state index in [9.17, 15) is 23.9 Å². The molecule has 0 unspecified atom stereocenters. The van der Waals surface area contributed by atoms with Gasteiger partial charge in [0.25, 0.3) is 5.56 Å². The maximum absolute atomic E-state index is 13.7. The first-order valence-corrected chi connectivity index (χ1v) is 13.0. The van der Waals surface area contributed by atoms with Crippen LogP contribution < -0.4 is 14.9 Å². The number of rotatable bonds is 6. The van der Waals surface area contributed by atoms with E-state index in [0.717, 1.165) is 11.3 Å². The molecule has 0 radical (unpaired) electrons. The van der Waals surface area contributed by atoms with Crippen LogP contribution in [0.2, 0.25) is 5.02 Å². The highest BCUT2D eigenvalue weighted by atomic mass is 35.5. The van der Waals surface area contributed by atoms with Crippen LogP contribution in [0.3, 0.4) is 0 Å².